The lowest BCUT2D eigenvalue weighted by Crippen LogP contribution is -2.54. The maximum Gasteiger partial charge on any atom is 0.213 e. The smallest absolute Gasteiger partial charge is 0.213 e. The van der Waals surface area contributed by atoms with E-state index in [1.54, 1.807) is 12.1 Å². The van der Waals surface area contributed by atoms with Crippen molar-refractivity contribution >= 4 is 13.4 Å². The summed E-state index contributed by atoms with van der Waals surface area (Å²) >= 11 is 0. The number of aromatic nitrogens is 1. The Bertz CT molecular complexity index is 901. The number of nitriles is 1. The molecule has 0 aliphatic heterocycles. The third-order valence-electron chi connectivity index (χ3n) is 7.27. The molecule has 0 amide bonds. The van der Waals surface area contributed by atoms with Crippen molar-refractivity contribution < 1.29 is 9.13 Å². The summed E-state index contributed by atoms with van der Waals surface area (Å²) in [5.74, 6) is 0.129. The summed E-state index contributed by atoms with van der Waals surface area (Å²) in [5, 5.41) is 10.5. The van der Waals surface area contributed by atoms with Gasteiger partial charge >= 0.3 is 0 Å². The molecule has 33 heavy (non-hydrogen) atoms. The predicted octanol–water partition coefficient (Wildman–Crippen LogP) is 7.90. The molecule has 0 spiro atoms. The first-order valence-corrected chi connectivity index (χ1v) is 15.6. The third kappa shape index (κ3) is 6.90. The zero-order valence-electron chi connectivity index (χ0n) is 21.2. The van der Waals surface area contributed by atoms with Gasteiger partial charge in [0.2, 0.25) is 5.88 Å². The summed E-state index contributed by atoms with van der Waals surface area (Å²) in [6.07, 6.45) is 11.3. The van der Waals surface area contributed by atoms with Crippen LogP contribution in [-0.2, 0) is 6.61 Å². The van der Waals surface area contributed by atoms with Crippen LogP contribution in [0.2, 0.25) is 18.1 Å². The first kappa shape index (κ1) is 27.1. The molecule has 180 valence electrons. The molecule has 5 heteroatoms. The van der Waals surface area contributed by atoms with Gasteiger partial charge < -0.3 is 4.74 Å². The highest BCUT2D eigenvalue weighted by molar-refractivity contribution is 6.91. The summed E-state index contributed by atoms with van der Waals surface area (Å²) in [4.78, 5) is 4.98. The lowest BCUT2D eigenvalue weighted by atomic mass is 9.89. The van der Waals surface area contributed by atoms with Gasteiger partial charge in [-0.2, -0.15) is 5.26 Å². The van der Waals surface area contributed by atoms with Gasteiger partial charge in [0, 0.05) is 16.9 Å². The number of hydrogen-bond donors (Lipinski definition) is 0. The van der Waals surface area contributed by atoms with Gasteiger partial charge in [-0.15, -0.1) is 0 Å². The Morgan fingerprint density at radius 1 is 0.970 bits per heavy atom. The number of hydrogen-bond acceptors (Lipinski definition) is 3. The van der Waals surface area contributed by atoms with E-state index in [0.717, 1.165) is 0 Å². The molecule has 0 aliphatic rings. The lowest BCUT2D eigenvalue weighted by Gasteiger charge is -2.46. The summed E-state index contributed by atoms with van der Waals surface area (Å²) in [5.41, 5.74) is 0.743. The van der Waals surface area contributed by atoms with E-state index in [4.69, 9.17) is 15.0 Å². The SMILES string of the molecule is CCCCC(CCCC)(CCCC)[Si](C)(C)c1cccc(OCc2ccc(C#N)cc2F)n1. The molecular weight excluding hydrogens is 427 g/mol. The van der Waals surface area contributed by atoms with Gasteiger partial charge in [-0.25, -0.2) is 9.37 Å². The number of halogens is 1. The van der Waals surface area contributed by atoms with Crippen LogP contribution in [0.25, 0.3) is 0 Å². The van der Waals surface area contributed by atoms with Crippen LogP contribution in [0.4, 0.5) is 4.39 Å². The van der Waals surface area contributed by atoms with E-state index in [0.29, 0.717) is 22.0 Å². The number of benzene rings is 1. The van der Waals surface area contributed by atoms with Crippen molar-refractivity contribution in [2.24, 2.45) is 0 Å². The molecule has 0 aliphatic carbocycles. The Morgan fingerprint density at radius 3 is 2.09 bits per heavy atom. The molecule has 2 aromatic rings. The zero-order chi connectivity index (χ0) is 24.3. The quantitative estimate of drug-likeness (QED) is 0.265. The highest BCUT2D eigenvalue weighted by Gasteiger charge is 2.47. The monoisotopic (exact) mass is 468 g/mol. The molecule has 1 aromatic heterocycles. The molecule has 2 rings (SSSR count). The molecule has 0 radical (unpaired) electrons. The van der Waals surface area contributed by atoms with Crippen molar-refractivity contribution in [1.29, 1.82) is 5.26 Å². The average molecular weight is 469 g/mol. The van der Waals surface area contributed by atoms with Crippen LogP contribution in [0.3, 0.4) is 0 Å². The number of nitrogens with zero attached hydrogens (tertiary/aromatic N) is 2. The molecule has 0 bridgehead atoms. The van der Waals surface area contributed by atoms with Crippen molar-refractivity contribution in [2.45, 2.75) is 103 Å². The summed E-state index contributed by atoms with van der Waals surface area (Å²) in [7, 11) is -1.94. The van der Waals surface area contributed by atoms with Crippen molar-refractivity contribution in [1.82, 2.24) is 4.98 Å². The molecule has 0 N–H and O–H groups in total. The number of rotatable bonds is 14. The first-order chi connectivity index (χ1) is 15.8. The normalized spacial score (nSPS) is 11.9. The Balaban J connectivity index is 2.31. The molecular formula is C28H41FN2OSi. The molecule has 0 saturated heterocycles. The molecule has 3 nitrogen and oxygen atoms in total. The van der Waals surface area contributed by atoms with E-state index < -0.39 is 13.9 Å². The Morgan fingerprint density at radius 2 is 1.58 bits per heavy atom. The van der Waals surface area contributed by atoms with Crippen molar-refractivity contribution in [3.05, 3.63) is 53.3 Å². The maximum atomic E-state index is 14.3. The standard InChI is InChI=1S/C28H41FN2OSi/c1-6-9-17-28(18-10-7-2,19-11-8-3)33(4,5)27-14-12-13-26(31-27)32-22-24-16-15-23(21-30)20-25(24)29/h12-16,20H,6-11,17-19,22H2,1-5H3. The van der Waals surface area contributed by atoms with Gasteiger partial charge in [0.25, 0.3) is 0 Å². The second-order valence-electron chi connectivity index (χ2n) is 9.78. The van der Waals surface area contributed by atoms with Gasteiger partial charge in [-0.3, -0.25) is 0 Å². The summed E-state index contributed by atoms with van der Waals surface area (Å²) in [6.45, 7) is 11.9. The van der Waals surface area contributed by atoms with Crippen LogP contribution in [0.5, 0.6) is 5.88 Å². The second kappa shape index (κ2) is 12.9. The van der Waals surface area contributed by atoms with Gasteiger partial charge in [0.15, 0.2) is 0 Å². The summed E-state index contributed by atoms with van der Waals surface area (Å²) < 4.78 is 20.2. The van der Waals surface area contributed by atoms with Crippen molar-refractivity contribution in [3.8, 4) is 11.9 Å². The molecule has 0 saturated carbocycles. The fourth-order valence-electron chi connectivity index (χ4n) is 4.86. The molecule has 1 heterocycles. The van der Waals surface area contributed by atoms with Gasteiger partial charge in [-0.05, 0) is 42.5 Å². The maximum absolute atomic E-state index is 14.3. The minimum atomic E-state index is -1.94. The molecule has 1 aromatic carbocycles. The highest BCUT2D eigenvalue weighted by Crippen LogP contribution is 2.51. The van der Waals surface area contributed by atoms with E-state index in [1.807, 2.05) is 18.2 Å². The van der Waals surface area contributed by atoms with E-state index in [2.05, 4.69) is 39.9 Å². The largest absolute Gasteiger partial charge is 0.473 e. The lowest BCUT2D eigenvalue weighted by molar-refractivity contribution is 0.288. The number of ether oxygens (including phenoxy) is 1. The fraction of sp³-hybridized carbons (Fsp3) is 0.571. The van der Waals surface area contributed by atoms with Gasteiger partial charge in [-0.1, -0.05) is 84.5 Å². The minimum absolute atomic E-state index is 0.0998. The van der Waals surface area contributed by atoms with Crippen molar-refractivity contribution in [2.75, 3.05) is 0 Å². The first-order valence-electron chi connectivity index (χ1n) is 12.6. The third-order valence-corrected chi connectivity index (χ3v) is 12.2. The van der Waals surface area contributed by atoms with Gasteiger partial charge in [0.1, 0.15) is 20.5 Å². The highest BCUT2D eigenvalue weighted by atomic mass is 28.3. The number of unbranched alkanes of at least 4 members (excludes halogenated alkanes) is 3. The van der Waals surface area contributed by atoms with E-state index in [1.165, 1.54) is 69.2 Å². The van der Waals surface area contributed by atoms with E-state index in [9.17, 15) is 4.39 Å². The van der Waals surface area contributed by atoms with Crippen LogP contribution < -0.4 is 10.1 Å². The number of pyridine rings is 1. The average Bonchev–Trinajstić information content (AvgIpc) is 2.83. The molecule has 0 unspecified atom stereocenters. The van der Waals surface area contributed by atoms with Crippen LogP contribution in [0.1, 0.15) is 89.7 Å². The second-order valence-corrected chi connectivity index (χ2v) is 14.6. The topological polar surface area (TPSA) is 45.9 Å². The minimum Gasteiger partial charge on any atom is -0.473 e. The Kier molecular flexibility index (Phi) is 10.6. The molecule has 0 fully saturated rings. The van der Waals surface area contributed by atoms with Crippen LogP contribution in [0.15, 0.2) is 36.4 Å². The Hall–Kier alpha value is -2.19. The van der Waals surface area contributed by atoms with Crippen LogP contribution in [0, 0.1) is 17.1 Å². The van der Waals surface area contributed by atoms with Gasteiger partial charge in [0.05, 0.1) is 11.6 Å². The summed E-state index contributed by atoms with van der Waals surface area (Å²) in [6, 6.07) is 12.5. The van der Waals surface area contributed by atoms with Crippen LogP contribution >= 0.6 is 0 Å². The van der Waals surface area contributed by atoms with E-state index >= 15 is 0 Å². The Labute approximate surface area is 201 Å². The zero-order valence-corrected chi connectivity index (χ0v) is 22.2. The fourth-order valence-corrected chi connectivity index (χ4v) is 8.71. The van der Waals surface area contributed by atoms with Crippen LogP contribution in [-0.4, -0.2) is 13.1 Å². The molecule has 0 atom stereocenters. The van der Waals surface area contributed by atoms with Crippen molar-refractivity contribution in [3.63, 3.8) is 0 Å². The predicted molar refractivity (Wildman–Crippen MR) is 138 cm³/mol. The van der Waals surface area contributed by atoms with E-state index in [-0.39, 0.29) is 6.61 Å².